The van der Waals surface area contributed by atoms with Gasteiger partial charge in [0.25, 0.3) is 5.91 Å². The number of nitrogens with zero attached hydrogens (tertiary/aromatic N) is 1. The third-order valence-corrected chi connectivity index (χ3v) is 5.00. The molecule has 0 saturated carbocycles. The molecule has 0 unspecified atom stereocenters. The third kappa shape index (κ3) is 4.62. The lowest BCUT2D eigenvalue weighted by Gasteiger charge is -2.22. The SMILES string of the molecule is Cc1ccc([C@]2(C)NC(=O)N(CC(=O)OCCOc3cc(C)cc(C)c3)C2=O)cc1. The minimum atomic E-state index is -1.21. The van der Waals surface area contributed by atoms with E-state index in [2.05, 4.69) is 5.32 Å². The molecule has 1 N–H and O–H groups in total. The number of nitrogens with one attached hydrogen (secondary N) is 1. The summed E-state index contributed by atoms with van der Waals surface area (Å²) in [6.45, 7) is 7.26. The molecular weight excluding hydrogens is 384 g/mol. The summed E-state index contributed by atoms with van der Waals surface area (Å²) >= 11 is 0. The Morgan fingerprint density at radius 2 is 1.60 bits per heavy atom. The molecule has 2 aromatic carbocycles. The van der Waals surface area contributed by atoms with Crippen LogP contribution in [0.5, 0.6) is 5.75 Å². The van der Waals surface area contributed by atoms with Crippen LogP contribution in [0, 0.1) is 20.8 Å². The summed E-state index contributed by atoms with van der Waals surface area (Å²) in [7, 11) is 0. The van der Waals surface area contributed by atoms with Gasteiger partial charge in [0.05, 0.1) is 0 Å². The van der Waals surface area contributed by atoms with Crippen molar-refractivity contribution < 1.29 is 23.9 Å². The van der Waals surface area contributed by atoms with Gasteiger partial charge in [0.15, 0.2) is 0 Å². The molecule has 0 spiro atoms. The van der Waals surface area contributed by atoms with E-state index in [0.29, 0.717) is 11.3 Å². The predicted molar refractivity (Wildman–Crippen MR) is 111 cm³/mol. The fraction of sp³-hybridized carbons (Fsp3) is 0.348. The molecule has 1 fully saturated rings. The number of benzene rings is 2. The second kappa shape index (κ2) is 8.57. The first kappa shape index (κ1) is 21.4. The topological polar surface area (TPSA) is 84.9 Å². The number of hydrogen-bond donors (Lipinski definition) is 1. The summed E-state index contributed by atoms with van der Waals surface area (Å²) in [6.07, 6.45) is 0. The zero-order valence-electron chi connectivity index (χ0n) is 17.7. The Labute approximate surface area is 176 Å². The molecule has 7 nitrogen and oxygen atoms in total. The van der Waals surface area contributed by atoms with Crippen LogP contribution in [-0.4, -0.2) is 42.6 Å². The summed E-state index contributed by atoms with van der Waals surface area (Å²) in [4.78, 5) is 38.2. The molecule has 1 heterocycles. The van der Waals surface area contributed by atoms with Crippen LogP contribution >= 0.6 is 0 Å². The van der Waals surface area contributed by atoms with Gasteiger partial charge in [-0.1, -0.05) is 35.9 Å². The number of urea groups is 1. The Bertz CT molecular complexity index is 950. The first-order valence-corrected chi connectivity index (χ1v) is 9.77. The molecule has 2 aromatic rings. The van der Waals surface area contributed by atoms with Crippen LogP contribution in [0.25, 0.3) is 0 Å². The highest BCUT2D eigenvalue weighted by atomic mass is 16.6. The summed E-state index contributed by atoms with van der Waals surface area (Å²) in [5.41, 5.74) is 2.65. The van der Waals surface area contributed by atoms with Crippen LogP contribution in [0.3, 0.4) is 0 Å². The molecule has 1 atom stereocenters. The van der Waals surface area contributed by atoms with Gasteiger partial charge in [-0.3, -0.25) is 14.5 Å². The first-order chi connectivity index (χ1) is 14.2. The predicted octanol–water partition coefficient (Wildman–Crippen LogP) is 3.00. The van der Waals surface area contributed by atoms with E-state index < -0.39 is 30.0 Å². The highest BCUT2D eigenvalue weighted by Crippen LogP contribution is 2.28. The highest BCUT2D eigenvalue weighted by molar-refractivity contribution is 6.08. The Hall–Kier alpha value is -3.35. The van der Waals surface area contributed by atoms with Crippen LogP contribution in [0.2, 0.25) is 0 Å². The maximum Gasteiger partial charge on any atom is 0.326 e. The monoisotopic (exact) mass is 410 g/mol. The molecule has 1 aliphatic rings. The quantitative estimate of drug-likeness (QED) is 0.431. The standard InChI is InChI=1S/C23H26N2O5/c1-15-5-7-18(8-6-15)23(4)21(27)25(22(28)24-23)14-20(26)30-10-9-29-19-12-16(2)11-17(3)13-19/h5-8,11-13H,9-10,14H2,1-4H3,(H,24,28)/t23-/m0/s1. The van der Waals surface area contributed by atoms with Gasteiger partial charge in [0.2, 0.25) is 0 Å². The fourth-order valence-electron chi connectivity index (χ4n) is 3.43. The molecule has 3 amide bonds. The Morgan fingerprint density at radius 3 is 2.23 bits per heavy atom. The number of aryl methyl sites for hydroxylation is 3. The zero-order chi connectivity index (χ0) is 21.9. The van der Waals surface area contributed by atoms with Crippen molar-refractivity contribution in [1.29, 1.82) is 0 Å². The van der Waals surface area contributed by atoms with Crippen molar-refractivity contribution in [2.75, 3.05) is 19.8 Å². The first-order valence-electron chi connectivity index (χ1n) is 9.77. The van der Waals surface area contributed by atoms with E-state index in [-0.39, 0.29) is 13.2 Å². The minimum Gasteiger partial charge on any atom is -0.490 e. The Morgan fingerprint density at radius 1 is 0.967 bits per heavy atom. The second-order valence-electron chi connectivity index (χ2n) is 7.70. The van der Waals surface area contributed by atoms with Gasteiger partial charge >= 0.3 is 12.0 Å². The summed E-state index contributed by atoms with van der Waals surface area (Å²) in [5, 5.41) is 2.68. The number of carbonyl (C=O) groups is 3. The molecular formula is C23H26N2O5. The van der Waals surface area contributed by atoms with Crippen LogP contribution in [-0.2, 0) is 19.9 Å². The molecule has 1 saturated heterocycles. The average molecular weight is 410 g/mol. The summed E-state index contributed by atoms with van der Waals surface area (Å²) < 4.78 is 10.7. The smallest absolute Gasteiger partial charge is 0.326 e. The maximum atomic E-state index is 12.8. The van der Waals surface area contributed by atoms with Crippen molar-refractivity contribution in [3.8, 4) is 5.75 Å². The van der Waals surface area contributed by atoms with Crippen molar-refractivity contribution in [3.05, 3.63) is 64.7 Å². The average Bonchev–Trinajstić information content (AvgIpc) is 2.89. The van der Waals surface area contributed by atoms with E-state index in [1.807, 2.05) is 51.1 Å². The molecule has 30 heavy (non-hydrogen) atoms. The van der Waals surface area contributed by atoms with Gasteiger partial charge in [-0.2, -0.15) is 0 Å². The summed E-state index contributed by atoms with van der Waals surface area (Å²) in [6, 6.07) is 12.5. The van der Waals surface area contributed by atoms with Gasteiger partial charge in [-0.15, -0.1) is 0 Å². The minimum absolute atomic E-state index is 0.0186. The van der Waals surface area contributed by atoms with Crippen LogP contribution in [0.1, 0.15) is 29.2 Å². The van der Waals surface area contributed by atoms with E-state index in [1.165, 1.54) is 0 Å². The van der Waals surface area contributed by atoms with Crippen LogP contribution < -0.4 is 10.1 Å². The van der Waals surface area contributed by atoms with Crippen molar-refractivity contribution in [3.63, 3.8) is 0 Å². The largest absolute Gasteiger partial charge is 0.490 e. The normalized spacial score (nSPS) is 18.3. The van der Waals surface area contributed by atoms with Crippen LogP contribution in [0.4, 0.5) is 4.79 Å². The number of ether oxygens (including phenoxy) is 2. The van der Waals surface area contributed by atoms with Crippen molar-refractivity contribution >= 4 is 17.9 Å². The highest BCUT2D eigenvalue weighted by Gasteiger charge is 2.49. The third-order valence-electron chi connectivity index (χ3n) is 5.00. The molecule has 0 bridgehead atoms. The van der Waals surface area contributed by atoms with Gasteiger partial charge in [-0.25, -0.2) is 4.79 Å². The van der Waals surface area contributed by atoms with E-state index in [4.69, 9.17) is 9.47 Å². The van der Waals surface area contributed by atoms with Gasteiger partial charge in [0, 0.05) is 0 Å². The molecule has 0 radical (unpaired) electrons. The number of esters is 1. The molecule has 7 heteroatoms. The van der Waals surface area contributed by atoms with Crippen molar-refractivity contribution in [2.45, 2.75) is 33.2 Å². The van der Waals surface area contributed by atoms with Crippen LogP contribution in [0.15, 0.2) is 42.5 Å². The molecule has 0 aliphatic carbocycles. The zero-order valence-corrected chi connectivity index (χ0v) is 17.7. The number of amides is 3. The molecule has 3 rings (SSSR count). The number of carbonyl (C=O) groups excluding carboxylic acids is 3. The lowest BCUT2D eigenvalue weighted by Crippen LogP contribution is -2.41. The van der Waals surface area contributed by atoms with Crippen molar-refractivity contribution in [2.24, 2.45) is 0 Å². The van der Waals surface area contributed by atoms with Gasteiger partial charge in [0.1, 0.15) is 31.0 Å². The number of hydrogen-bond acceptors (Lipinski definition) is 5. The van der Waals surface area contributed by atoms with Gasteiger partial charge in [-0.05, 0) is 56.5 Å². The number of imide groups is 1. The Kier molecular flexibility index (Phi) is 6.10. The van der Waals surface area contributed by atoms with E-state index in [0.717, 1.165) is 21.6 Å². The molecule has 0 aromatic heterocycles. The van der Waals surface area contributed by atoms with Crippen molar-refractivity contribution in [1.82, 2.24) is 10.2 Å². The lowest BCUT2D eigenvalue weighted by molar-refractivity contribution is -0.148. The van der Waals surface area contributed by atoms with E-state index in [9.17, 15) is 14.4 Å². The Balaban J connectivity index is 1.53. The molecule has 1 aliphatic heterocycles. The maximum absolute atomic E-state index is 12.8. The summed E-state index contributed by atoms with van der Waals surface area (Å²) in [5.74, 6) is -0.457. The molecule has 158 valence electrons. The fourth-order valence-corrected chi connectivity index (χ4v) is 3.43. The number of rotatable bonds is 7. The van der Waals surface area contributed by atoms with Gasteiger partial charge < -0.3 is 14.8 Å². The van der Waals surface area contributed by atoms with E-state index >= 15 is 0 Å². The second-order valence-corrected chi connectivity index (χ2v) is 7.70. The lowest BCUT2D eigenvalue weighted by atomic mass is 9.91. The van der Waals surface area contributed by atoms with E-state index in [1.54, 1.807) is 19.1 Å².